The first-order valence-electron chi connectivity index (χ1n) is 6.98. The van der Waals surface area contributed by atoms with Crippen LogP contribution in [-0.4, -0.2) is 31.9 Å². The van der Waals surface area contributed by atoms with E-state index in [0.717, 1.165) is 10.4 Å². The number of piperidine rings is 1. The fourth-order valence-corrected chi connectivity index (χ4v) is 4.21. The average Bonchev–Trinajstić information content (AvgIpc) is 2.40. The second-order valence-corrected chi connectivity index (χ2v) is 8.30. The maximum Gasteiger partial charge on any atom is 0.419 e. The maximum atomic E-state index is 13.3. The lowest BCUT2D eigenvalue weighted by Crippen LogP contribution is -2.53. The van der Waals surface area contributed by atoms with Crippen LogP contribution in [0.15, 0.2) is 23.1 Å². The number of nitrogens with zero attached hydrogens (tertiary/aromatic N) is 1. The third-order valence-electron chi connectivity index (χ3n) is 4.16. The zero-order valence-electron chi connectivity index (χ0n) is 13.1. The van der Waals surface area contributed by atoms with E-state index >= 15 is 0 Å². The number of hydrogen-bond donors (Lipinski definition) is 1. The Morgan fingerprint density at radius 3 is 2.38 bits per heavy atom. The van der Waals surface area contributed by atoms with Crippen molar-refractivity contribution in [1.29, 1.82) is 0 Å². The Balaban J connectivity index is 0.00000288. The van der Waals surface area contributed by atoms with Crippen molar-refractivity contribution in [2.45, 2.75) is 37.4 Å². The Bertz CT molecular complexity index is 707. The molecule has 1 saturated heterocycles. The van der Waals surface area contributed by atoms with E-state index in [2.05, 4.69) is 0 Å². The highest BCUT2D eigenvalue weighted by atomic mass is 35.5. The first-order valence-corrected chi connectivity index (χ1v) is 8.42. The number of halogens is 5. The van der Waals surface area contributed by atoms with Crippen LogP contribution in [0.4, 0.5) is 17.6 Å². The van der Waals surface area contributed by atoms with Gasteiger partial charge in [0, 0.05) is 19.1 Å². The first kappa shape index (κ1) is 21.1. The lowest BCUT2D eigenvalue weighted by atomic mass is 9.81. The van der Waals surface area contributed by atoms with Gasteiger partial charge in [-0.3, -0.25) is 0 Å². The average molecular weight is 391 g/mol. The summed E-state index contributed by atoms with van der Waals surface area (Å²) in [6.45, 7) is 3.80. The minimum Gasteiger partial charge on any atom is -0.327 e. The fraction of sp³-hybridized carbons (Fsp3) is 0.571. The molecule has 0 amide bonds. The van der Waals surface area contributed by atoms with E-state index in [1.54, 1.807) is 13.8 Å². The van der Waals surface area contributed by atoms with Gasteiger partial charge in [0.15, 0.2) is 0 Å². The molecule has 0 aliphatic carbocycles. The molecule has 0 spiro atoms. The summed E-state index contributed by atoms with van der Waals surface area (Å²) >= 11 is 0. The van der Waals surface area contributed by atoms with Crippen molar-refractivity contribution < 1.29 is 26.0 Å². The van der Waals surface area contributed by atoms with Crippen LogP contribution in [0.5, 0.6) is 0 Å². The van der Waals surface area contributed by atoms with Gasteiger partial charge in [0.05, 0.1) is 10.5 Å². The lowest BCUT2D eigenvalue weighted by Gasteiger charge is -2.41. The number of alkyl halides is 3. The summed E-state index contributed by atoms with van der Waals surface area (Å²) in [5.74, 6) is -1.50. The van der Waals surface area contributed by atoms with Crippen LogP contribution >= 0.6 is 12.4 Å². The zero-order valence-corrected chi connectivity index (χ0v) is 14.7. The van der Waals surface area contributed by atoms with E-state index in [1.807, 2.05) is 0 Å². The van der Waals surface area contributed by atoms with Crippen molar-refractivity contribution in [2.75, 3.05) is 13.1 Å². The minimum atomic E-state index is -4.96. The summed E-state index contributed by atoms with van der Waals surface area (Å²) in [5, 5.41) is 0. The summed E-state index contributed by atoms with van der Waals surface area (Å²) in [4.78, 5) is -0.572. The van der Waals surface area contributed by atoms with Crippen LogP contribution in [0.3, 0.4) is 0 Å². The van der Waals surface area contributed by atoms with Crippen molar-refractivity contribution in [3.63, 3.8) is 0 Å². The number of benzene rings is 1. The number of sulfonamides is 1. The van der Waals surface area contributed by atoms with E-state index in [4.69, 9.17) is 5.73 Å². The molecule has 1 aromatic carbocycles. The van der Waals surface area contributed by atoms with Crippen molar-refractivity contribution in [1.82, 2.24) is 4.31 Å². The third kappa shape index (κ3) is 4.01. The maximum absolute atomic E-state index is 13.3. The van der Waals surface area contributed by atoms with Gasteiger partial charge in [-0.05, 0) is 30.0 Å². The van der Waals surface area contributed by atoms with Crippen LogP contribution in [-0.2, 0) is 16.2 Å². The Labute approximate surface area is 144 Å². The summed E-state index contributed by atoms with van der Waals surface area (Å²) in [7, 11) is -4.14. The minimum absolute atomic E-state index is 0. The summed E-state index contributed by atoms with van der Waals surface area (Å²) in [6, 6.07) is 1.51. The normalized spacial score (nSPS) is 22.0. The molecule has 0 aromatic heterocycles. The van der Waals surface area contributed by atoms with Gasteiger partial charge in [-0.15, -0.1) is 12.4 Å². The van der Waals surface area contributed by atoms with Gasteiger partial charge in [-0.1, -0.05) is 13.8 Å². The molecule has 1 atom stereocenters. The molecule has 0 bridgehead atoms. The van der Waals surface area contributed by atoms with Crippen molar-refractivity contribution in [3.05, 3.63) is 29.6 Å². The van der Waals surface area contributed by atoms with Crippen molar-refractivity contribution in [2.24, 2.45) is 11.1 Å². The van der Waals surface area contributed by atoms with E-state index < -0.39 is 37.9 Å². The van der Waals surface area contributed by atoms with E-state index in [-0.39, 0.29) is 31.5 Å². The third-order valence-corrected chi connectivity index (χ3v) is 6.00. The molecule has 24 heavy (non-hydrogen) atoms. The molecule has 0 saturated carbocycles. The quantitative estimate of drug-likeness (QED) is 0.789. The van der Waals surface area contributed by atoms with Crippen LogP contribution in [0.2, 0.25) is 0 Å². The summed E-state index contributed by atoms with van der Waals surface area (Å²) in [5.41, 5.74) is 3.84. The molecule has 1 unspecified atom stereocenters. The Morgan fingerprint density at radius 2 is 1.88 bits per heavy atom. The van der Waals surface area contributed by atoms with E-state index in [1.165, 1.54) is 0 Å². The summed E-state index contributed by atoms with van der Waals surface area (Å²) < 4.78 is 77.9. The highest BCUT2D eigenvalue weighted by molar-refractivity contribution is 7.89. The molecule has 1 heterocycles. The highest BCUT2D eigenvalue weighted by Gasteiger charge is 2.40. The molecule has 2 N–H and O–H groups in total. The molecule has 1 aliphatic heterocycles. The molecule has 4 nitrogen and oxygen atoms in total. The summed E-state index contributed by atoms with van der Waals surface area (Å²) in [6.07, 6.45) is -4.56. The standard InChI is InChI=1S/C14H18F4N2O2S.ClH/c1-13(2)8-20(6-5-12(13)19)23(21,22)9-3-4-11(15)10(7-9)14(16,17)18;/h3-4,7,12H,5-6,8,19H2,1-2H3;1H. The SMILES string of the molecule is CC1(C)CN(S(=O)(=O)c2ccc(F)c(C(F)(F)F)c2)CCC1N.Cl. The van der Waals surface area contributed by atoms with E-state index in [9.17, 15) is 26.0 Å². The van der Waals surface area contributed by atoms with Gasteiger partial charge in [-0.25, -0.2) is 12.8 Å². The monoisotopic (exact) mass is 390 g/mol. The molecule has 1 aromatic rings. The first-order chi connectivity index (χ1) is 10.4. The largest absolute Gasteiger partial charge is 0.419 e. The van der Waals surface area contributed by atoms with E-state index in [0.29, 0.717) is 18.6 Å². The predicted octanol–water partition coefficient (Wildman–Crippen LogP) is 3.01. The van der Waals surface area contributed by atoms with Gasteiger partial charge in [0.2, 0.25) is 10.0 Å². The van der Waals surface area contributed by atoms with Crippen LogP contribution < -0.4 is 5.73 Å². The molecular weight excluding hydrogens is 372 g/mol. The van der Waals surface area contributed by atoms with Gasteiger partial charge in [-0.2, -0.15) is 17.5 Å². The Morgan fingerprint density at radius 1 is 1.29 bits per heavy atom. The van der Waals surface area contributed by atoms with Crippen LogP contribution in [0.1, 0.15) is 25.8 Å². The highest BCUT2D eigenvalue weighted by Crippen LogP contribution is 2.35. The second-order valence-electron chi connectivity index (χ2n) is 6.36. The second kappa shape index (κ2) is 6.78. The predicted molar refractivity (Wildman–Crippen MR) is 83.8 cm³/mol. The number of nitrogens with two attached hydrogens (primary N) is 1. The number of rotatable bonds is 2. The van der Waals surface area contributed by atoms with Crippen LogP contribution in [0.25, 0.3) is 0 Å². The Kier molecular flexibility index (Phi) is 5.97. The molecule has 1 fully saturated rings. The molecule has 2 rings (SSSR count). The van der Waals surface area contributed by atoms with Gasteiger partial charge < -0.3 is 5.73 Å². The Hall–Kier alpha value is -0.900. The van der Waals surface area contributed by atoms with Gasteiger partial charge in [0.25, 0.3) is 0 Å². The molecule has 10 heteroatoms. The number of hydrogen-bond acceptors (Lipinski definition) is 3. The fourth-order valence-electron chi connectivity index (χ4n) is 2.56. The molecule has 1 aliphatic rings. The molecular formula is C14H19ClF4N2O2S. The van der Waals surface area contributed by atoms with Gasteiger partial charge >= 0.3 is 6.18 Å². The van der Waals surface area contributed by atoms with Gasteiger partial charge in [0.1, 0.15) is 5.82 Å². The lowest BCUT2D eigenvalue weighted by molar-refractivity contribution is -0.140. The molecule has 138 valence electrons. The smallest absolute Gasteiger partial charge is 0.327 e. The molecule has 0 radical (unpaired) electrons. The van der Waals surface area contributed by atoms with Crippen LogP contribution in [0, 0.1) is 11.2 Å². The van der Waals surface area contributed by atoms with Crippen molar-refractivity contribution in [3.8, 4) is 0 Å². The zero-order chi connectivity index (χ0) is 17.6. The topological polar surface area (TPSA) is 63.4 Å². The van der Waals surface area contributed by atoms with Crippen molar-refractivity contribution >= 4 is 22.4 Å².